The molecule has 0 amide bonds. The molecule has 1 heterocycles. The van der Waals surface area contributed by atoms with Crippen molar-refractivity contribution in [2.45, 2.75) is 51.4 Å². The summed E-state index contributed by atoms with van der Waals surface area (Å²) in [4.78, 5) is 1.98. The van der Waals surface area contributed by atoms with Crippen molar-refractivity contribution in [3.05, 3.63) is 0 Å². The van der Waals surface area contributed by atoms with E-state index in [1.807, 2.05) is 11.8 Å². The van der Waals surface area contributed by atoms with Crippen LogP contribution in [0.1, 0.15) is 33.1 Å². The molecule has 1 fully saturated rings. The topological polar surface area (TPSA) is 15.3 Å². The summed E-state index contributed by atoms with van der Waals surface area (Å²) in [6.45, 7) is 5.78. The zero-order valence-corrected chi connectivity index (χ0v) is 9.98. The highest BCUT2D eigenvalue weighted by Gasteiger charge is 2.31. The van der Waals surface area contributed by atoms with Crippen LogP contribution in [0.4, 0.5) is 13.2 Å². The lowest BCUT2D eigenvalue weighted by atomic mass is 10.0. The largest absolute Gasteiger partial charge is 0.390 e. The van der Waals surface area contributed by atoms with Gasteiger partial charge in [0.1, 0.15) is 0 Å². The number of nitrogens with one attached hydrogen (secondary N) is 1. The van der Waals surface area contributed by atoms with Crippen molar-refractivity contribution in [1.82, 2.24) is 10.2 Å². The van der Waals surface area contributed by atoms with Gasteiger partial charge in [0, 0.05) is 31.7 Å². The molecule has 96 valence electrons. The van der Waals surface area contributed by atoms with Gasteiger partial charge in [-0.25, -0.2) is 0 Å². The first-order valence-electron chi connectivity index (χ1n) is 6.00. The van der Waals surface area contributed by atoms with Crippen molar-refractivity contribution in [2.75, 3.05) is 19.6 Å². The number of alkyl halides is 3. The first-order valence-corrected chi connectivity index (χ1v) is 6.00. The summed E-state index contributed by atoms with van der Waals surface area (Å²) in [5, 5.41) is 3.37. The maximum absolute atomic E-state index is 12.2. The lowest BCUT2D eigenvalue weighted by molar-refractivity contribution is -0.140. The second-order valence-corrected chi connectivity index (χ2v) is 4.44. The average Bonchev–Trinajstić information content (AvgIpc) is 2.25. The van der Waals surface area contributed by atoms with E-state index in [1.165, 1.54) is 0 Å². The molecule has 1 saturated heterocycles. The highest BCUT2D eigenvalue weighted by molar-refractivity contribution is 4.85. The third-order valence-corrected chi connectivity index (χ3v) is 3.26. The van der Waals surface area contributed by atoms with Crippen molar-refractivity contribution < 1.29 is 13.2 Å². The third kappa shape index (κ3) is 4.29. The molecule has 0 aromatic heterocycles. The minimum atomic E-state index is -4.04. The fraction of sp³-hybridized carbons (Fsp3) is 1.00. The van der Waals surface area contributed by atoms with E-state index in [-0.39, 0.29) is 12.6 Å². The molecule has 2 atom stereocenters. The molecular formula is C11H21F3N2. The van der Waals surface area contributed by atoms with E-state index in [9.17, 15) is 13.2 Å². The molecule has 0 saturated carbocycles. The molecule has 1 aliphatic heterocycles. The summed E-state index contributed by atoms with van der Waals surface area (Å²) in [5.74, 6) is 0. The quantitative estimate of drug-likeness (QED) is 0.809. The lowest BCUT2D eigenvalue weighted by Crippen LogP contribution is -2.56. The van der Waals surface area contributed by atoms with E-state index in [4.69, 9.17) is 0 Å². The molecule has 5 heteroatoms. The number of piperazine rings is 1. The number of hydrogen-bond acceptors (Lipinski definition) is 2. The summed E-state index contributed by atoms with van der Waals surface area (Å²) in [6.07, 6.45) is -2.86. The van der Waals surface area contributed by atoms with Gasteiger partial charge in [-0.15, -0.1) is 0 Å². The van der Waals surface area contributed by atoms with Gasteiger partial charge in [-0.05, 0) is 12.8 Å². The van der Waals surface area contributed by atoms with Gasteiger partial charge in [-0.2, -0.15) is 13.2 Å². The second kappa shape index (κ2) is 5.87. The van der Waals surface area contributed by atoms with Crippen LogP contribution in [0.2, 0.25) is 0 Å². The van der Waals surface area contributed by atoms with Crippen molar-refractivity contribution >= 4 is 0 Å². The van der Waals surface area contributed by atoms with Crippen molar-refractivity contribution in [2.24, 2.45) is 0 Å². The minimum Gasteiger partial charge on any atom is -0.311 e. The number of nitrogens with zero attached hydrogens (tertiary/aromatic N) is 1. The van der Waals surface area contributed by atoms with Crippen LogP contribution in [0.3, 0.4) is 0 Å². The van der Waals surface area contributed by atoms with Crippen LogP contribution in [0.25, 0.3) is 0 Å². The molecule has 2 nitrogen and oxygen atoms in total. The molecule has 1 rings (SSSR count). The van der Waals surface area contributed by atoms with E-state index in [0.717, 1.165) is 25.9 Å². The molecule has 1 N–H and O–H groups in total. The van der Waals surface area contributed by atoms with Crippen LogP contribution in [-0.4, -0.2) is 42.8 Å². The highest BCUT2D eigenvalue weighted by atomic mass is 19.4. The van der Waals surface area contributed by atoms with Gasteiger partial charge in [0.15, 0.2) is 0 Å². The smallest absolute Gasteiger partial charge is 0.311 e. The third-order valence-electron chi connectivity index (χ3n) is 3.26. The number of rotatable bonds is 4. The van der Waals surface area contributed by atoms with Gasteiger partial charge in [0.25, 0.3) is 0 Å². The predicted octanol–water partition coefficient (Wildman–Crippen LogP) is 2.40. The SMILES string of the molecule is CCC1CN(CCC(F)(F)F)C(CC)CN1. The Hall–Kier alpha value is -0.290. The first-order chi connectivity index (χ1) is 7.46. The predicted molar refractivity (Wildman–Crippen MR) is 58.4 cm³/mol. The number of hydrogen-bond donors (Lipinski definition) is 1. The van der Waals surface area contributed by atoms with Crippen molar-refractivity contribution in [3.63, 3.8) is 0 Å². The maximum Gasteiger partial charge on any atom is 0.390 e. The Bertz CT molecular complexity index is 206. The van der Waals surface area contributed by atoms with Gasteiger partial charge in [-0.1, -0.05) is 13.8 Å². The van der Waals surface area contributed by atoms with Crippen molar-refractivity contribution in [3.8, 4) is 0 Å². The molecule has 0 spiro atoms. The normalized spacial score (nSPS) is 28.3. The first kappa shape index (κ1) is 13.8. The van der Waals surface area contributed by atoms with Crippen molar-refractivity contribution in [1.29, 1.82) is 0 Å². The maximum atomic E-state index is 12.2. The molecule has 0 aromatic carbocycles. The fourth-order valence-corrected chi connectivity index (χ4v) is 2.15. The Kier molecular flexibility index (Phi) is 5.05. The summed E-state index contributed by atoms with van der Waals surface area (Å²) in [6, 6.07) is 0.598. The van der Waals surface area contributed by atoms with Crippen LogP contribution >= 0.6 is 0 Å². The van der Waals surface area contributed by atoms with Gasteiger partial charge in [-0.3, -0.25) is 4.90 Å². The van der Waals surface area contributed by atoms with Crippen LogP contribution in [0.15, 0.2) is 0 Å². The zero-order valence-electron chi connectivity index (χ0n) is 9.98. The Morgan fingerprint density at radius 2 is 1.94 bits per heavy atom. The standard InChI is InChI=1S/C11H21F3N2/c1-3-9-8-16(6-5-11(12,13)14)10(4-2)7-15-9/h9-10,15H,3-8H2,1-2H3. The molecule has 2 unspecified atom stereocenters. The lowest BCUT2D eigenvalue weighted by Gasteiger charge is -2.40. The van der Waals surface area contributed by atoms with Gasteiger partial charge < -0.3 is 5.32 Å². The van der Waals surface area contributed by atoms with E-state index >= 15 is 0 Å². The fourth-order valence-electron chi connectivity index (χ4n) is 2.15. The number of halogens is 3. The minimum absolute atomic E-state index is 0.139. The van der Waals surface area contributed by atoms with E-state index in [1.54, 1.807) is 0 Å². The molecule has 16 heavy (non-hydrogen) atoms. The van der Waals surface area contributed by atoms with Crippen LogP contribution in [0.5, 0.6) is 0 Å². The van der Waals surface area contributed by atoms with E-state index in [2.05, 4.69) is 12.2 Å². The molecule has 1 aliphatic rings. The van der Waals surface area contributed by atoms with Crippen LogP contribution in [0, 0.1) is 0 Å². The zero-order chi connectivity index (χ0) is 12.2. The molecule has 0 aromatic rings. The van der Waals surface area contributed by atoms with E-state index in [0.29, 0.717) is 6.04 Å². The monoisotopic (exact) mass is 238 g/mol. The highest BCUT2D eigenvalue weighted by Crippen LogP contribution is 2.22. The van der Waals surface area contributed by atoms with E-state index < -0.39 is 12.6 Å². The van der Waals surface area contributed by atoms with Crippen LogP contribution < -0.4 is 5.32 Å². The second-order valence-electron chi connectivity index (χ2n) is 4.44. The molecule has 0 aliphatic carbocycles. The summed E-state index contributed by atoms with van der Waals surface area (Å²) >= 11 is 0. The molecule has 0 bridgehead atoms. The Morgan fingerprint density at radius 3 is 2.44 bits per heavy atom. The van der Waals surface area contributed by atoms with Crippen LogP contribution in [-0.2, 0) is 0 Å². The Labute approximate surface area is 95.2 Å². The summed E-state index contributed by atoms with van der Waals surface area (Å²) in [5.41, 5.74) is 0. The Morgan fingerprint density at radius 1 is 1.25 bits per heavy atom. The van der Waals surface area contributed by atoms with Gasteiger partial charge >= 0.3 is 6.18 Å². The average molecular weight is 238 g/mol. The summed E-state index contributed by atoms with van der Waals surface area (Å²) in [7, 11) is 0. The van der Waals surface area contributed by atoms with Gasteiger partial charge in [0.2, 0.25) is 0 Å². The van der Waals surface area contributed by atoms with Gasteiger partial charge in [0.05, 0.1) is 6.42 Å². The molecular weight excluding hydrogens is 217 g/mol. The summed E-state index contributed by atoms with van der Waals surface area (Å²) < 4.78 is 36.5. The molecule has 0 radical (unpaired) electrons. The Balaban J connectivity index is 2.45.